The fraction of sp³-hybridized carbons (Fsp3) is 0.500. The van der Waals surface area contributed by atoms with Crippen LogP contribution in [0, 0.1) is 23.0 Å². The van der Waals surface area contributed by atoms with Gasteiger partial charge in [-0.25, -0.2) is 13.8 Å². The lowest BCUT2D eigenvalue weighted by Gasteiger charge is -2.40. The summed E-state index contributed by atoms with van der Waals surface area (Å²) < 4.78 is 31.2. The summed E-state index contributed by atoms with van der Waals surface area (Å²) in [6.45, 7) is 4.83. The van der Waals surface area contributed by atoms with E-state index in [2.05, 4.69) is 10.6 Å². The topological polar surface area (TPSA) is 243 Å². The molecule has 2 aliphatic rings. The summed E-state index contributed by atoms with van der Waals surface area (Å²) in [6, 6.07) is 8.73. The van der Waals surface area contributed by atoms with E-state index in [-0.39, 0.29) is 61.9 Å². The minimum atomic E-state index is -1.21. The van der Waals surface area contributed by atoms with Crippen molar-refractivity contribution in [3.63, 3.8) is 0 Å². The highest BCUT2D eigenvalue weighted by atomic mass is 32.2. The average molecular weight is 869 g/mol. The molecule has 16 nitrogen and oxygen atoms in total. The molecule has 2 aromatic carbocycles. The van der Waals surface area contributed by atoms with Gasteiger partial charge in [-0.15, -0.1) is 11.8 Å². The number of imide groups is 1. The van der Waals surface area contributed by atoms with E-state index in [0.717, 1.165) is 40.4 Å². The lowest BCUT2D eigenvalue weighted by atomic mass is 9.84. The maximum atomic E-state index is 15.1. The number of imidazole rings is 1. The second kappa shape index (κ2) is 20.5. The Hall–Kier alpha value is -5.24. The average Bonchev–Trinajstić information content (AvgIpc) is 3.92. The number of hydrogen-bond donors (Lipinski definition) is 6. The molecule has 19 heteroatoms. The Labute approximate surface area is 356 Å². The van der Waals surface area contributed by atoms with Crippen LogP contribution in [-0.2, 0) is 35.3 Å². The first kappa shape index (κ1) is 46.8. The number of hydrogen-bond acceptors (Lipinski definition) is 11. The van der Waals surface area contributed by atoms with Gasteiger partial charge in [0.05, 0.1) is 28.9 Å². The molecule has 0 radical (unpaired) electrons. The number of rotatable bonds is 19. The summed E-state index contributed by atoms with van der Waals surface area (Å²) >= 11 is 1.00. The lowest BCUT2D eigenvalue weighted by molar-refractivity contribution is -0.140. The minimum absolute atomic E-state index is 0.0229. The van der Waals surface area contributed by atoms with Crippen molar-refractivity contribution < 1.29 is 47.8 Å². The summed E-state index contributed by atoms with van der Waals surface area (Å²) in [7, 11) is 0. The summed E-state index contributed by atoms with van der Waals surface area (Å²) in [4.78, 5) is 83.9. The molecule has 5 rings (SSSR count). The Morgan fingerprint density at radius 2 is 1.77 bits per heavy atom. The fourth-order valence-electron chi connectivity index (χ4n) is 7.74. The predicted molar refractivity (Wildman–Crippen MR) is 222 cm³/mol. The van der Waals surface area contributed by atoms with Crippen molar-refractivity contribution in [3.8, 4) is 11.3 Å². The summed E-state index contributed by atoms with van der Waals surface area (Å²) in [6.07, 6.45) is 3.06. The van der Waals surface area contributed by atoms with E-state index in [1.165, 1.54) is 4.90 Å². The second-order valence-electron chi connectivity index (χ2n) is 16.4. The number of halogens is 2. The molecule has 0 bridgehead atoms. The third-order valence-corrected chi connectivity index (χ3v) is 12.2. The molecule has 6 atom stereocenters. The normalized spacial score (nSPS) is 19.4. The van der Waals surface area contributed by atoms with E-state index in [1.807, 2.05) is 51.1 Å². The number of nitrogens with one attached hydrogen (secondary N) is 2. The summed E-state index contributed by atoms with van der Waals surface area (Å²) in [5.41, 5.74) is 12.1. The quantitative estimate of drug-likeness (QED) is 0.0951. The van der Waals surface area contributed by atoms with Gasteiger partial charge in [0.25, 0.3) is 0 Å². The number of carbonyl (C=O) groups is 6. The number of thioether (sulfide) groups is 1. The standard InChI is InChI=1S/C42H54F2N8O8S/c1-42(2,3)36(37-48-32(27-18-25(43)12-13-28(27)44)21-50(37)20-24-8-5-4-6-9-24)51(35(55)22-53)16-14-29(45)39(57)49-31-11-7-10-26(31)38(56)47-15-17-52-34(54)19-33(40(52)58)61-23-30(46)41(59)60/h4-6,8-9,12-13,18,21,26,29-31,33,36,53H,7,10-11,14-17,19-20,22-23,45-46H2,1-3H3,(H,47,56)(H,49,57)(H,59,60)/t26-,29?,30?,31+,33?,36?/m1/s1. The number of aliphatic carboxylic acids is 1. The fourth-order valence-corrected chi connectivity index (χ4v) is 8.85. The van der Waals surface area contributed by atoms with Crippen LogP contribution in [0.15, 0.2) is 54.7 Å². The van der Waals surface area contributed by atoms with Gasteiger partial charge in [-0.3, -0.25) is 33.7 Å². The maximum absolute atomic E-state index is 15.1. The van der Waals surface area contributed by atoms with Gasteiger partial charge >= 0.3 is 5.97 Å². The third kappa shape index (κ3) is 11.8. The molecular formula is C42H54F2N8O8S. The Kier molecular flexibility index (Phi) is 15.8. The van der Waals surface area contributed by atoms with Crippen molar-refractivity contribution in [2.75, 3.05) is 32.0 Å². The van der Waals surface area contributed by atoms with Crippen molar-refractivity contribution in [2.45, 2.75) is 88.8 Å². The smallest absolute Gasteiger partial charge is 0.321 e. The largest absolute Gasteiger partial charge is 0.480 e. The number of carbonyl (C=O) groups excluding carboxylic acids is 5. The van der Waals surface area contributed by atoms with E-state index in [0.29, 0.717) is 25.1 Å². The Bertz CT molecular complexity index is 2080. The number of carboxylic acid groups (broad SMARTS) is 1. The molecule has 8 N–H and O–H groups in total. The summed E-state index contributed by atoms with van der Waals surface area (Å²) in [5.74, 6) is -5.36. The number of aliphatic hydroxyl groups excluding tert-OH is 1. The molecule has 61 heavy (non-hydrogen) atoms. The number of nitrogens with zero attached hydrogens (tertiary/aromatic N) is 4. The number of carboxylic acids is 1. The van der Waals surface area contributed by atoms with Gasteiger partial charge < -0.3 is 41.8 Å². The monoisotopic (exact) mass is 868 g/mol. The highest BCUT2D eigenvalue weighted by Crippen LogP contribution is 2.40. The van der Waals surface area contributed by atoms with E-state index in [4.69, 9.17) is 21.6 Å². The molecule has 5 amide bonds. The highest BCUT2D eigenvalue weighted by molar-refractivity contribution is 8.00. The van der Waals surface area contributed by atoms with Crippen LogP contribution < -0.4 is 22.1 Å². The number of aromatic nitrogens is 2. The van der Waals surface area contributed by atoms with E-state index in [1.54, 1.807) is 10.8 Å². The first-order chi connectivity index (χ1) is 28.9. The Balaban J connectivity index is 1.24. The number of amides is 5. The molecule has 2 fully saturated rings. The van der Waals surface area contributed by atoms with Gasteiger partial charge in [0.15, 0.2) is 0 Å². The first-order valence-corrected chi connectivity index (χ1v) is 21.2. The first-order valence-electron chi connectivity index (χ1n) is 20.1. The van der Waals surface area contributed by atoms with E-state index >= 15 is 4.39 Å². The van der Waals surface area contributed by atoms with Crippen LogP contribution in [0.25, 0.3) is 11.3 Å². The van der Waals surface area contributed by atoms with Crippen molar-refractivity contribution in [3.05, 3.63) is 77.8 Å². The van der Waals surface area contributed by atoms with Crippen LogP contribution in [0.2, 0.25) is 0 Å². The number of aliphatic hydroxyl groups is 1. The molecule has 4 unspecified atom stereocenters. The number of likely N-dealkylation sites (tertiary alicyclic amines) is 1. The van der Waals surface area contributed by atoms with Gasteiger partial charge in [-0.05, 0) is 48.4 Å². The molecule has 1 aliphatic carbocycles. The molecule has 1 saturated carbocycles. The molecule has 1 aliphatic heterocycles. The molecule has 2 heterocycles. The Morgan fingerprint density at radius 3 is 2.44 bits per heavy atom. The molecule has 1 saturated heterocycles. The Morgan fingerprint density at radius 1 is 1.05 bits per heavy atom. The zero-order valence-electron chi connectivity index (χ0n) is 34.4. The van der Waals surface area contributed by atoms with E-state index < -0.39 is 88.6 Å². The van der Waals surface area contributed by atoms with Crippen LogP contribution in [0.4, 0.5) is 8.78 Å². The SMILES string of the molecule is CC(C)(C)C(c1nc(-c2cc(F)ccc2F)cn1Cc1ccccc1)N(CCC(N)C(=O)N[C@H]1CCC[C@H]1C(=O)NCCN1C(=O)CC(SCC(N)C(=O)O)C1=O)C(=O)CO. The lowest BCUT2D eigenvalue weighted by Crippen LogP contribution is -2.51. The third-order valence-electron chi connectivity index (χ3n) is 10.9. The highest BCUT2D eigenvalue weighted by Gasteiger charge is 2.41. The van der Waals surface area contributed by atoms with Crippen LogP contribution >= 0.6 is 11.8 Å². The molecule has 0 spiro atoms. The van der Waals surface area contributed by atoms with Crippen LogP contribution in [0.3, 0.4) is 0 Å². The zero-order chi connectivity index (χ0) is 44.6. The predicted octanol–water partition coefficient (Wildman–Crippen LogP) is 2.18. The second-order valence-corrected chi connectivity index (χ2v) is 17.7. The summed E-state index contributed by atoms with van der Waals surface area (Å²) in [5, 5.41) is 24.1. The zero-order valence-corrected chi connectivity index (χ0v) is 35.2. The van der Waals surface area contributed by atoms with Crippen molar-refractivity contribution in [1.82, 2.24) is 30.0 Å². The molecular weight excluding hydrogens is 815 g/mol. The molecule has 3 aromatic rings. The molecule has 1 aromatic heterocycles. The van der Waals surface area contributed by atoms with Crippen molar-refractivity contribution in [2.24, 2.45) is 22.8 Å². The molecule has 330 valence electrons. The van der Waals surface area contributed by atoms with Crippen LogP contribution in [0.1, 0.15) is 70.3 Å². The van der Waals surface area contributed by atoms with Crippen molar-refractivity contribution in [1.29, 1.82) is 0 Å². The van der Waals surface area contributed by atoms with Gasteiger partial charge in [-0.1, -0.05) is 57.5 Å². The minimum Gasteiger partial charge on any atom is -0.480 e. The number of benzene rings is 2. The van der Waals surface area contributed by atoms with Gasteiger partial charge in [0.2, 0.25) is 29.5 Å². The van der Waals surface area contributed by atoms with E-state index in [9.17, 15) is 38.3 Å². The van der Waals surface area contributed by atoms with Crippen molar-refractivity contribution >= 4 is 47.3 Å². The number of nitrogens with two attached hydrogens (primary N) is 2. The van der Waals surface area contributed by atoms with Gasteiger partial charge in [0, 0.05) is 56.2 Å². The van der Waals surface area contributed by atoms with Gasteiger partial charge in [0.1, 0.15) is 30.1 Å². The van der Waals surface area contributed by atoms with Crippen LogP contribution in [-0.4, -0.2) is 120 Å². The van der Waals surface area contributed by atoms with Gasteiger partial charge in [-0.2, -0.15) is 0 Å². The maximum Gasteiger partial charge on any atom is 0.321 e. The van der Waals surface area contributed by atoms with Crippen LogP contribution in [0.5, 0.6) is 0 Å².